The van der Waals surface area contributed by atoms with Crippen LogP contribution in [0.2, 0.25) is 0 Å². The van der Waals surface area contributed by atoms with Crippen LogP contribution in [0, 0.1) is 5.82 Å². The van der Waals surface area contributed by atoms with Crippen LogP contribution in [0.5, 0.6) is 0 Å². The first kappa shape index (κ1) is 13.1. The van der Waals surface area contributed by atoms with Crippen LogP contribution < -0.4 is 16.2 Å². The quantitative estimate of drug-likeness (QED) is 0.500. The number of nitrogen functional groups attached to an aromatic ring is 1. The van der Waals surface area contributed by atoms with E-state index in [9.17, 15) is 9.18 Å². The molecule has 1 aromatic heterocycles. The molecular formula is C13H14FN3O2. The zero-order valence-corrected chi connectivity index (χ0v) is 10.4. The number of halogens is 1. The van der Waals surface area contributed by atoms with E-state index in [2.05, 4.69) is 0 Å². The van der Waals surface area contributed by atoms with Gasteiger partial charge >= 0.3 is 5.91 Å². The molecular weight excluding hydrogens is 249 g/mol. The van der Waals surface area contributed by atoms with Crippen molar-refractivity contribution in [2.75, 3.05) is 11.9 Å². The summed E-state index contributed by atoms with van der Waals surface area (Å²) in [5, 5.41) is 0. The van der Waals surface area contributed by atoms with Crippen LogP contribution >= 0.6 is 0 Å². The van der Waals surface area contributed by atoms with Crippen molar-refractivity contribution in [1.29, 1.82) is 0 Å². The number of carbonyl (C=O) groups is 1. The van der Waals surface area contributed by atoms with E-state index in [0.717, 1.165) is 0 Å². The number of amides is 1. The fourth-order valence-corrected chi connectivity index (χ4v) is 1.79. The van der Waals surface area contributed by atoms with Crippen molar-refractivity contribution in [2.24, 2.45) is 5.84 Å². The lowest BCUT2D eigenvalue weighted by Gasteiger charge is -2.19. The normalized spacial score (nSPS) is 10.3. The predicted octanol–water partition coefficient (Wildman–Crippen LogP) is 1.66. The fraction of sp³-hybridized carbons (Fsp3) is 0.154. The van der Waals surface area contributed by atoms with Crippen molar-refractivity contribution in [3.63, 3.8) is 0 Å². The molecule has 2 rings (SSSR count). The second-order valence-corrected chi connectivity index (χ2v) is 4.08. The zero-order chi connectivity index (χ0) is 13.8. The minimum atomic E-state index is -0.493. The first-order valence-electron chi connectivity index (χ1n) is 5.66. The van der Waals surface area contributed by atoms with Gasteiger partial charge in [0.2, 0.25) is 0 Å². The summed E-state index contributed by atoms with van der Waals surface area (Å²) < 4.78 is 18.2. The van der Waals surface area contributed by atoms with Gasteiger partial charge in [0, 0.05) is 24.8 Å². The number of nitrogens with zero attached hydrogens (tertiary/aromatic N) is 1. The van der Waals surface area contributed by atoms with Crippen molar-refractivity contribution >= 4 is 11.6 Å². The van der Waals surface area contributed by atoms with E-state index in [4.69, 9.17) is 10.3 Å². The number of hydrogen-bond donors (Lipinski definition) is 2. The van der Waals surface area contributed by atoms with Crippen LogP contribution in [0.4, 0.5) is 10.1 Å². The van der Waals surface area contributed by atoms with Crippen LogP contribution in [0.15, 0.2) is 41.0 Å². The number of anilines is 1. The van der Waals surface area contributed by atoms with E-state index in [1.807, 2.05) is 5.43 Å². The standard InChI is InChI=1S/C13H14FN3O2/c1-17(11-4-2-3-10(14)7-11)8-9-5-6-19-12(9)13(18)16-15/h2-7H,8,15H2,1H3,(H,16,18). The molecule has 0 aliphatic heterocycles. The Kier molecular flexibility index (Phi) is 3.82. The lowest BCUT2D eigenvalue weighted by Crippen LogP contribution is -2.31. The molecule has 0 saturated carbocycles. The third-order valence-electron chi connectivity index (χ3n) is 2.74. The summed E-state index contributed by atoms with van der Waals surface area (Å²) in [7, 11) is 1.80. The maximum absolute atomic E-state index is 13.1. The van der Waals surface area contributed by atoms with E-state index >= 15 is 0 Å². The van der Waals surface area contributed by atoms with E-state index in [-0.39, 0.29) is 11.6 Å². The van der Waals surface area contributed by atoms with E-state index in [1.165, 1.54) is 18.4 Å². The Morgan fingerprint density at radius 2 is 2.26 bits per heavy atom. The number of nitrogens with one attached hydrogen (secondary N) is 1. The molecule has 0 radical (unpaired) electrons. The van der Waals surface area contributed by atoms with Gasteiger partial charge in [-0.25, -0.2) is 10.2 Å². The monoisotopic (exact) mass is 263 g/mol. The topological polar surface area (TPSA) is 71.5 Å². The Labute approximate surface area is 109 Å². The third kappa shape index (κ3) is 2.92. The summed E-state index contributed by atoms with van der Waals surface area (Å²) in [5.41, 5.74) is 3.40. The molecule has 1 aromatic carbocycles. The molecule has 5 nitrogen and oxygen atoms in total. The summed E-state index contributed by atoms with van der Waals surface area (Å²) in [4.78, 5) is 13.3. The van der Waals surface area contributed by atoms with Gasteiger partial charge < -0.3 is 9.32 Å². The van der Waals surface area contributed by atoms with Crippen molar-refractivity contribution in [2.45, 2.75) is 6.54 Å². The highest BCUT2D eigenvalue weighted by molar-refractivity contribution is 5.92. The molecule has 0 atom stereocenters. The van der Waals surface area contributed by atoms with Crippen molar-refractivity contribution in [3.05, 3.63) is 53.7 Å². The summed E-state index contributed by atoms with van der Waals surface area (Å²) in [5.74, 6) is 4.43. The van der Waals surface area contributed by atoms with Gasteiger partial charge in [-0.05, 0) is 24.3 Å². The summed E-state index contributed by atoms with van der Waals surface area (Å²) >= 11 is 0. The molecule has 3 N–H and O–H groups in total. The second kappa shape index (κ2) is 5.53. The Morgan fingerprint density at radius 3 is 2.95 bits per heavy atom. The number of nitrogens with two attached hydrogens (primary N) is 1. The predicted molar refractivity (Wildman–Crippen MR) is 68.9 cm³/mol. The molecule has 1 heterocycles. The van der Waals surface area contributed by atoms with Gasteiger partial charge in [0.25, 0.3) is 0 Å². The number of hydrogen-bond acceptors (Lipinski definition) is 4. The fourth-order valence-electron chi connectivity index (χ4n) is 1.79. The molecule has 0 bridgehead atoms. The van der Waals surface area contributed by atoms with Gasteiger partial charge in [-0.2, -0.15) is 0 Å². The Morgan fingerprint density at radius 1 is 1.47 bits per heavy atom. The smallest absolute Gasteiger partial charge is 0.301 e. The lowest BCUT2D eigenvalue weighted by molar-refractivity contribution is 0.0924. The summed E-state index contributed by atoms with van der Waals surface area (Å²) in [6, 6.07) is 7.89. The number of furan rings is 1. The number of hydrazine groups is 1. The van der Waals surface area contributed by atoms with Gasteiger partial charge in [0.05, 0.1) is 6.26 Å². The molecule has 0 aliphatic rings. The Hall–Kier alpha value is -2.34. The molecule has 2 aromatic rings. The minimum absolute atomic E-state index is 0.158. The maximum Gasteiger partial charge on any atom is 0.301 e. The Balaban J connectivity index is 2.17. The van der Waals surface area contributed by atoms with Gasteiger partial charge in [-0.1, -0.05) is 6.07 Å². The summed E-state index contributed by atoms with van der Waals surface area (Å²) in [6.45, 7) is 0.405. The van der Waals surface area contributed by atoms with Crippen LogP contribution in [0.3, 0.4) is 0 Å². The van der Waals surface area contributed by atoms with Gasteiger partial charge in [-0.3, -0.25) is 10.2 Å². The highest BCUT2D eigenvalue weighted by Crippen LogP contribution is 2.19. The minimum Gasteiger partial charge on any atom is -0.459 e. The Bertz CT molecular complexity index is 583. The lowest BCUT2D eigenvalue weighted by atomic mass is 10.2. The third-order valence-corrected chi connectivity index (χ3v) is 2.74. The summed E-state index contributed by atoms with van der Waals surface area (Å²) in [6.07, 6.45) is 1.42. The first-order valence-corrected chi connectivity index (χ1v) is 5.66. The highest BCUT2D eigenvalue weighted by Gasteiger charge is 2.15. The largest absolute Gasteiger partial charge is 0.459 e. The SMILES string of the molecule is CN(Cc1ccoc1C(=O)NN)c1cccc(F)c1. The number of benzene rings is 1. The average Bonchev–Trinajstić information content (AvgIpc) is 2.86. The highest BCUT2D eigenvalue weighted by atomic mass is 19.1. The van der Waals surface area contributed by atoms with Crippen LogP contribution in [0.25, 0.3) is 0 Å². The van der Waals surface area contributed by atoms with Crippen molar-refractivity contribution in [1.82, 2.24) is 5.43 Å². The van der Waals surface area contributed by atoms with Crippen molar-refractivity contribution in [3.8, 4) is 0 Å². The van der Waals surface area contributed by atoms with Gasteiger partial charge in [0.15, 0.2) is 5.76 Å². The molecule has 1 amide bonds. The molecule has 0 unspecified atom stereocenters. The number of rotatable bonds is 4. The van der Waals surface area contributed by atoms with E-state index in [0.29, 0.717) is 17.8 Å². The van der Waals surface area contributed by atoms with Crippen LogP contribution in [-0.2, 0) is 6.54 Å². The molecule has 19 heavy (non-hydrogen) atoms. The molecule has 0 saturated heterocycles. The van der Waals surface area contributed by atoms with E-state index in [1.54, 1.807) is 30.1 Å². The van der Waals surface area contributed by atoms with Gasteiger partial charge in [-0.15, -0.1) is 0 Å². The van der Waals surface area contributed by atoms with Gasteiger partial charge in [0.1, 0.15) is 5.82 Å². The van der Waals surface area contributed by atoms with Crippen molar-refractivity contribution < 1.29 is 13.6 Å². The molecule has 100 valence electrons. The molecule has 0 fully saturated rings. The second-order valence-electron chi connectivity index (χ2n) is 4.08. The zero-order valence-electron chi connectivity index (χ0n) is 10.4. The maximum atomic E-state index is 13.1. The van der Waals surface area contributed by atoms with Crippen LogP contribution in [0.1, 0.15) is 16.1 Å². The number of carbonyl (C=O) groups excluding carboxylic acids is 1. The molecule has 0 spiro atoms. The van der Waals surface area contributed by atoms with Crippen LogP contribution in [-0.4, -0.2) is 13.0 Å². The van der Waals surface area contributed by atoms with E-state index < -0.39 is 5.91 Å². The molecule has 6 heteroatoms. The first-order chi connectivity index (χ1) is 9.11. The molecule has 0 aliphatic carbocycles. The average molecular weight is 263 g/mol.